The van der Waals surface area contributed by atoms with Crippen molar-refractivity contribution in [2.24, 2.45) is 0 Å². The Balaban J connectivity index is 1.83. The van der Waals surface area contributed by atoms with Crippen molar-refractivity contribution in [1.82, 2.24) is 10.0 Å². The number of carbonyl (C=O) groups excluding carboxylic acids is 1. The van der Waals surface area contributed by atoms with Crippen molar-refractivity contribution < 1.29 is 27.9 Å². The lowest BCUT2D eigenvalue weighted by atomic mass is 10.1. The van der Waals surface area contributed by atoms with E-state index in [9.17, 15) is 23.1 Å². The van der Waals surface area contributed by atoms with Crippen LogP contribution in [-0.4, -0.2) is 45.1 Å². The summed E-state index contributed by atoms with van der Waals surface area (Å²) in [5.41, 5.74) is 1.64. The van der Waals surface area contributed by atoms with E-state index in [2.05, 4.69) is 16.1 Å². The molecule has 2 aromatic carbocycles. The van der Waals surface area contributed by atoms with E-state index in [-0.39, 0.29) is 23.0 Å². The summed E-state index contributed by atoms with van der Waals surface area (Å²) < 4.78 is 32.3. The zero-order valence-electron chi connectivity index (χ0n) is 17.6. The van der Waals surface area contributed by atoms with Gasteiger partial charge in [-0.3, -0.25) is 9.59 Å². The lowest BCUT2D eigenvalue weighted by Crippen LogP contribution is -2.48. The number of benzene rings is 2. The quantitative estimate of drug-likeness (QED) is 0.410. The van der Waals surface area contributed by atoms with E-state index in [1.54, 1.807) is 18.2 Å². The van der Waals surface area contributed by atoms with Crippen molar-refractivity contribution in [3.63, 3.8) is 0 Å². The third-order valence-corrected chi connectivity index (χ3v) is 6.17. The summed E-state index contributed by atoms with van der Waals surface area (Å²) in [7, 11) is -2.87. The van der Waals surface area contributed by atoms with E-state index >= 15 is 0 Å². The predicted molar refractivity (Wildman–Crippen MR) is 116 cm³/mol. The van der Waals surface area contributed by atoms with Gasteiger partial charge in [0.1, 0.15) is 16.7 Å². The second-order valence-corrected chi connectivity index (χ2v) is 8.67. The molecule has 10 heteroatoms. The molecule has 0 bridgehead atoms. The Hall–Kier alpha value is -3.42. The average Bonchev–Trinajstić information content (AvgIpc) is 2.79. The van der Waals surface area contributed by atoms with Crippen LogP contribution in [0.3, 0.4) is 0 Å². The van der Waals surface area contributed by atoms with Crippen LogP contribution in [0.5, 0.6) is 5.75 Å². The summed E-state index contributed by atoms with van der Waals surface area (Å²) in [6.45, 7) is -0.391. The van der Waals surface area contributed by atoms with Crippen LogP contribution in [0.1, 0.15) is 30.4 Å². The second kappa shape index (κ2) is 11.8. The van der Waals surface area contributed by atoms with Crippen LogP contribution < -0.4 is 14.8 Å². The minimum Gasteiger partial charge on any atom is -0.495 e. The van der Waals surface area contributed by atoms with Gasteiger partial charge in [0.05, 0.1) is 18.7 Å². The Bertz CT molecular complexity index is 1080. The highest BCUT2D eigenvalue weighted by molar-refractivity contribution is 7.89. The minimum absolute atomic E-state index is 0.0791. The van der Waals surface area contributed by atoms with Crippen LogP contribution in [-0.2, 0) is 26.0 Å². The largest absolute Gasteiger partial charge is 0.495 e. The number of unbranched alkanes of at least 4 members (excludes halogenated alkanes) is 1. The molecule has 0 aromatic heterocycles. The number of nitriles is 1. The van der Waals surface area contributed by atoms with Gasteiger partial charge >= 0.3 is 5.97 Å². The van der Waals surface area contributed by atoms with E-state index in [1.807, 2.05) is 12.1 Å². The smallest absolute Gasteiger partial charge is 0.323 e. The highest BCUT2D eigenvalue weighted by Gasteiger charge is 2.27. The first-order chi connectivity index (χ1) is 15.3. The van der Waals surface area contributed by atoms with Gasteiger partial charge in [0, 0.05) is 13.0 Å². The first-order valence-corrected chi connectivity index (χ1v) is 11.4. The number of hydrogen-bond donors (Lipinski definition) is 3. The molecule has 0 saturated carbocycles. The van der Waals surface area contributed by atoms with Gasteiger partial charge in [-0.2, -0.15) is 9.98 Å². The number of amides is 1. The van der Waals surface area contributed by atoms with E-state index in [4.69, 9.17) is 10.00 Å². The number of para-hydroxylation sites is 1. The standard InChI is InChI=1S/C22H25N3O6S/c1-31-19-7-3-4-8-20(19)32(29,30)25-18(22(27)28)15-24-21(26)9-5-2-6-16-10-12-17(14-23)13-11-16/h3-4,7-8,10-13,18,25H,2,5-6,9,15H2,1H3,(H,24,26)(H,27,28). The molecule has 0 fully saturated rings. The zero-order chi connectivity index (χ0) is 23.6. The van der Waals surface area contributed by atoms with Gasteiger partial charge in [-0.1, -0.05) is 24.3 Å². The molecule has 0 heterocycles. The molecule has 1 unspecified atom stereocenters. The molecule has 0 aliphatic carbocycles. The van der Waals surface area contributed by atoms with Crippen LogP contribution in [0.15, 0.2) is 53.4 Å². The molecule has 32 heavy (non-hydrogen) atoms. The minimum atomic E-state index is -4.18. The number of carbonyl (C=O) groups is 2. The third-order valence-electron chi connectivity index (χ3n) is 4.66. The highest BCUT2D eigenvalue weighted by Crippen LogP contribution is 2.22. The van der Waals surface area contributed by atoms with E-state index < -0.39 is 28.6 Å². The maximum Gasteiger partial charge on any atom is 0.323 e. The van der Waals surface area contributed by atoms with Crippen LogP contribution in [0.2, 0.25) is 0 Å². The molecule has 170 valence electrons. The van der Waals surface area contributed by atoms with Crippen molar-refractivity contribution in [2.75, 3.05) is 13.7 Å². The zero-order valence-corrected chi connectivity index (χ0v) is 18.4. The fraction of sp³-hybridized carbons (Fsp3) is 0.318. The number of nitrogens with zero attached hydrogens (tertiary/aromatic N) is 1. The third kappa shape index (κ3) is 7.37. The Kier molecular flexibility index (Phi) is 9.19. The molecule has 2 aromatic rings. The molecule has 1 atom stereocenters. The van der Waals surface area contributed by atoms with E-state index in [1.165, 1.54) is 25.3 Å². The number of carboxylic acids is 1. The number of carboxylic acid groups (broad SMARTS) is 1. The van der Waals surface area contributed by atoms with Crippen molar-refractivity contribution >= 4 is 21.9 Å². The number of hydrogen-bond acceptors (Lipinski definition) is 6. The monoisotopic (exact) mass is 459 g/mol. The fourth-order valence-electron chi connectivity index (χ4n) is 2.94. The first-order valence-electron chi connectivity index (χ1n) is 9.90. The summed E-state index contributed by atoms with van der Waals surface area (Å²) in [4.78, 5) is 23.4. The highest BCUT2D eigenvalue weighted by atomic mass is 32.2. The van der Waals surface area contributed by atoms with Crippen LogP contribution in [0.25, 0.3) is 0 Å². The van der Waals surface area contributed by atoms with Crippen molar-refractivity contribution in [3.05, 3.63) is 59.7 Å². The Morgan fingerprint density at radius 1 is 1.12 bits per heavy atom. The normalized spacial score (nSPS) is 11.9. The molecule has 9 nitrogen and oxygen atoms in total. The summed E-state index contributed by atoms with van der Waals surface area (Å²) in [6, 6.07) is 13.6. The number of ether oxygens (including phenoxy) is 1. The Labute approximate surface area is 187 Å². The van der Waals surface area contributed by atoms with Gasteiger partial charge in [0.25, 0.3) is 0 Å². The molecule has 3 N–H and O–H groups in total. The lowest BCUT2D eigenvalue weighted by molar-refractivity contribution is -0.138. The molecule has 0 saturated heterocycles. The van der Waals surface area contributed by atoms with Crippen molar-refractivity contribution in [3.8, 4) is 11.8 Å². The van der Waals surface area contributed by atoms with Gasteiger partial charge in [-0.25, -0.2) is 8.42 Å². The van der Waals surface area contributed by atoms with Gasteiger partial charge in [0.15, 0.2) is 0 Å². The molecular weight excluding hydrogens is 434 g/mol. The maximum absolute atomic E-state index is 12.6. The number of sulfonamides is 1. The molecule has 2 rings (SSSR count). The lowest BCUT2D eigenvalue weighted by Gasteiger charge is -2.17. The van der Waals surface area contributed by atoms with Gasteiger partial charge in [-0.05, 0) is 49.1 Å². The predicted octanol–water partition coefficient (Wildman–Crippen LogP) is 1.83. The molecule has 0 radical (unpaired) electrons. The first kappa shape index (κ1) is 24.8. The molecule has 0 aliphatic rings. The van der Waals surface area contributed by atoms with Gasteiger partial charge in [-0.15, -0.1) is 0 Å². The molecule has 0 aliphatic heterocycles. The van der Waals surface area contributed by atoms with Gasteiger partial charge < -0.3 is 15.2 Å². The topological polar surface area (TPSA) is 146 Å². The summed E-state index contributed by atoms with van der Waals surface area (Å²) in [5.74, 6) is -1.70. The number of nitrogens with one attached hydrogen (secondary N) is 2. The van der Waals surface area contributed by atoms with Crippen molar-refractivity contribution in [2.45, 2.75) is 36.6 Å². The Morgan fingerprint density at radius 3 is 2.44 bits per heavy atom. The Morgan fingerprint density at radius 2 is 1.81 bits per heavy atom. The van der Waals surface area contributed by atoms with Crippen molar-refractivity contribution in [1.29, 1.82) is 5.26 Å². The number of methoxy groups -OCH3 is 1. The number of aliphatic carboxylic acids is 1. The van der Waals surface area contributed by atoms with E-state index in [0.717, 1.165) is 18.4 Å². The maximum atomic E-state index is 12.6. The number of rotatable bonds is 12. The molecular formula is C22H25N3O6S. The molecule has 1 amide bonds. The van der Waals surface area contributed by atoms with Gasteiger partial charge in [0.2, 0.25) is 15.9 Å². The molecule has 0 spiro atoms. The van der Waals surface area contributed by atoms with E-state index in [0.29, 0.717) is 12.0 Å². The second-order valence-electron chi connectivity index (χ2n) is 6.98. The van der Waals surface area contributed by atoms with Crippen LogP contribution >= 0.6 is 0 Å². The summed E-state index contributed by atoms with van der Waals surface area (Å²) >= 11 is 0. The SMILES string of the molecule is COc1ccccc1S(=O)(=O)NC(CNC(=O)CCCCc1ccc(C#N)cc1)C(=O)O. The average molecular weight is 460 g/mol. The van der Waals surface area contributed by atoms with Crippen LogP contribution in [0, 0.1) is 11.3 Å². The fourth-order valence-corrected chi connectivity index (χ4v) is 4.30. The number of aryl methyl sites for hydroxylation is 1. The summed E-state index contributed by atoms with van der Waals surface area (Å²) in [6.07, 6.45) is 2.25. The van der Waals surface area contributed by atoms with Crippen LogP contribution in [0.4, 0.5) is 0 Å². The summed E-state index contributed by atoms with van der Waals surface area (Å²) in [5, 5.41) is 20.6.